The Balaban J connectivity index is 5.40. The Morgan fingerprint density at radius 1 is 0.290 bits per heavy atom. The number of ether oxygens (including phenoxy) is 4. The van der Waals surface area contributed by atoms with E-state index in [-0.39, 0.29) is 25.7 Å². The van der Waals surface area contributed by atoms with Crippen LogP contribution in [0.15, 0.2) is 97.2 Å². The Kier molecular flexibility index (Phi) is 70.4. The van der Waals surface area contributed by atoms with Gasteiger partial charge in [0.1, 0.15) is 19.3 Å². The van der Waals surface area contributed by atoms with Crippen LogP contribution in [0.3, 0.4) is 0 Å². The summed E-state index contributed by atoms with van der Waals surface area (Å²) in [4.78, 5) is 72.9. The molecule has 0 radical (unpaired) electrons. The maximum atomic E-state index is 13.1. The second-order valence-electron chi connectivity index (χ2n) is 26.4. The van der Waals surface area contributed by atoms with E-state index in [0.29, 0.717) is 25.7 Å². The third-order valence-electron chi connectivity index (χ3n) is 16.6. The van der Waals surface area contributed by atoms with Gasteiger partial charge in [-0.1, -0.05) is 273 Å². The molecule has 0 heterocycles. The van der Waals surface area contributed by atoms with E-state index in [1.807, 2.05) is 0 Å². The van der Waals surface area contributed by atoms with E-state index in [9.17, 15) is 43.2 Å². The van der Waals surface area contributed by atoms with Crippen LogP contribution in [-0.2, 0) is 65.4 Å². The SMILES string of the molecule is CCCCC/C=C\C/C=C\CCCCCCCC(=O)OC[C@H](COP(=O)(O)OC[C@H](O)COP(=O)(O)OC[C@@H](COC(=O)CCCCCCC/C=C\C=C/CCCCCC)OC(=O)CCCCCCC/C=C\C=C/CCCCCC)OC(=O)CCCCCCC/C=C\C=C/CCCCCC. The zero-order valence-corrected chi connectivity index (χ0v) is 64.9. The van der Waals surface area contributed by atoms with Crippen molar-refractivity contribution in [3.05, 3.63) is 97.2 Å². The maximum Gasteiger partial charge on any atom is 0.472 e. The average Bonchev–Trinajstić information content (AvgIpc) is 1.01. The lowest BCUT2D eigenvalue weighted by Crippen LogP contribution is -2.30. The normalized spacial score (nSPS) is 14.4. The number of phosphoric ester groups is 2. The molecule has 0 aliphatic heterocycles. The van der Waals surface area contributed by atoms with Crippen LogP contribution in [0.25, 0.3) is 0 Å². The molecular formula is C81H142O17P2. The molecule has 19 heteroatoms. The van der Waals surface area contributed by atoms with E-state index in [1.165, 1.54) is 96.3 Å². The molecular weight excluding hydrogens is 1310 g/mol. The largest absolute Gasteiger partial charge is 0.472 e. The number of aliphatic hydroxyl groups is 1. The van der Waals surface area contributed by atoms with Gasteiger partial charge in [0.25, 0.3) is 0 Å². The minimum atomic E-state index is -4.98. The van der Waals surface area contributed by atoms with Crippen molar-refractivity contribution in [1.29, 1.82) is 0 Å². The number of carbonyl (C=O) groups is 4. The average molecular weight is 1450 g/mol. The van der Waals surface area contributed by atoms with Crippen molar-refractivity contribution < 1.29 is 80.2 Å². The van der Waals surface area contributed by atoms with E-state index in [4.69, 9.17) is 37.0 Å². The first-order chi connectivity index (χ1) is 48.7. The van der Waals surface area contributed by atoms with Gasteiger partial charge in [0.05, 0.1) is 26.4 Å². The number of allylic oxidation sites excluding steroid dienone is 16. The molecule has 0 amide bonds. The van der Waals surface area contributed by atoms with E-state index in [1.54, 1.807) is 0 Å². The molecule has 0 aliphatic carbocycles. The Morgan fingerprint density at radius 3 is 0.820 bits per heavy atom. The molecule has 0 saturated heterocycles. The third-order valence-corrected chi connectivity index (χ3v) is 18.5. The molecule has 5 atom stereocenters. The Labute approximate surface area is 607 Å². The summed E-state index contributed by atoms with van der Waals surface area (Å²) >= 11 is 0. The summed E-state index contributed by atoms with van der Waals surface area (Å²) in [7, 11) is -9.97. The molecule has 0 fully saturated rings. The van der Waals surface area contributed by atoms with Crippen molar-refractivity contribution in [2.75, 3.05) is 39.6 Å². The summed E-state index contributed by atoms with van der Waals surface area (Å²) in [6, 6.07) is 0. The summed E-state index contributed by atoms with van der Waals surface area (Å²) in [6.45, 7) is 4.75. The number of phosphoric acid groups is 2. The molecule has 0 bridgehead atoms. The van der Waals surface area contributed by atoms with Crippen molar-refractivity contribution in [2.45, 2.75) is 354 Å². The number of unbranched alkanes of at least 4 members (excludes halogenated alkanes) is 35. The highest BCUT2D eigenvalue weighted by Crippen LogP contribution is 2.45. The lowest BCUT2D eigenvalue weighted by Gasteiger charge is -2.21. The van der Waals surface area contributed by atoms with Gasteiger partial charge in [0.15, 0.2) is 12.2 Å². The molecule has 0 aromatic rings. The first-order valence-corrected chi connectivity index (χ1v) is 42.5. The van der Waals surface area contributed by atoms with Gasteiger partial charge < -0.3 is 33.8 Å². The number of hydrogen-bond donors (Lipinski definition) is 3. The van der Waals surface area contributed by atoms with Crippen LogP contribution in [0.4, 0.5) is 0 Å². The molecule has 0 saturated carbocycles. The van der Waals surface area contributed by atoms with Gasteiger partial charge in [-0.05, 0) is 135 Å². The van der Waals surface area contributed by atoms with Crippen LogP contribution in [-0.4, -0.2) is 96.7 Å². The summed E-state index contributed by atoms with van der Waals surface area (Å²) in [5, 5.41) is 10.6. The molecule has 578 valence electrons. The van der Waals surface area contributed by atoms with Gasteiger partial charge in [0, 0.05) is 25.7 Å². The van der Waals surface area contributed by atoms with E-state index in [2.05, 4.69) is 125 Å². The van der Waals surface area contributed by atoms with Gasteiger partial charge in [-0.2, -0.15) is 0 Å². The fraction of sp³-hybridized carbons (Fsp3) is 0.753. The van der Waals surface area contributed by atoms with E-state index in [0.717, 1.165) is 161 Å². The second kappa shape index (κ2) is 73.3. The monoisotopic (exact) mass is 1450 g/mol. The lowest BCUT2D eigenvalue weighted by molar-refractivity contribution is -0.161. The van der Waals surface area contributed by atoms with Crippen LogP contribution in [0, 0.1) is 0 Å². The van der Waals surface area contributed by atoms with Gasteiger partial charge in [-0.15, -0.1) is 0 Å². The predicted octanol–water partition coefficient (Wildman–Crippen LogP) is 22.8. The standard InChI is InChI=1S/C81H142O17P2/c1-5-9-13-17-21-25-29-33-37-41-45-49-53-57-61-65-78(83)91-71-76(97-80(85)67-63-59-55-51-47-43-39-35-31-27-23-19-15-11-7-3)73-95-99(87,88)93-69-75(82)70-94-100(89,90)96-74-77(98-81(86)68-64-60-56-52-48-44-40-36-32-28-24-20-16-12-8-4)72-92-79(84)66-62-58-54-50-46-42-38-34-30-26-22-18-14-10-6-2/h21,25-28,30-40,75-77,82H,5-20,22-24,29,41-74H2,1-4H3,(H,87,88)(H,89,90)/b25-21-,30-26-,31-27-,32-28-,37-33-,38-34-,39-35-,40-36-/t75-,76+,77+/m0/s1. The van der Waals surface area contributed by atoms with Crippen LogP contribution >= 0.6 is 15.6 Å². The molecule has 0 aromatic heterocycles. The van der Waals surface area contributed by atoms with Crippen molar-refractivity contribution in [3.8, 4) is 0 Å². The first kappa shape index (κ1) is 96.0. The number of hydrogen-bond acceptors (Lipinski definition) is 15. The van der Waals surface area contributed by atoms with Gasteiger partial charge in [-0.25, -0.2) is 9.13 Å². The summed E-state index contributed by atoms with van der Waals surface area (Å²) in [5.41, 5.74) is 0. The molecule has 0 aromatic carbocycles. The highest BCUT2D eigenvalue weighted by Gasteiger charge is 2.30. The zero-order chi connectivity index (χ0) is 73.2. The maximum absolute atomic E-state index is 13.1. The van der Waals surface area contributed by atoms with Crippen molar-refractivity contribution >= 4 is 39.5 Å². The predicted molar refractivity (Wildman–Crippen MR) is 409 cm³/mol. The second-order valence-corrected chi connectivity index (χ2v) is 29.3. The van der Waals surface area contributed by atoms with E-state index >= 15 is 0 Å². The first-order valence-electron chi connectivity index (χ1n) is 39.5. The van der Waals surface area contributed by atoms with Crippen LogP contribution in [0.1, 0.15) is 336 Å². The minimum Gasteiger partial charge on any atom is -0.462 e. The minimum absolute atomic E-state index is 0.0737. The fourth-order valence-corrected chi connectivity index (χ4v) is 12.0. The molecule has 0 spiro atoms. The number of carbonyl (C=O) groups excluding carboxylic acids is 4. The lowest BCUT2D eigenvalue weighted by atomic mass is 10.1. The van der Waals surface area contributed by atoms with Crippen molar-refractivity contribution in [3.63, 3.8) is 0 Å². The molecule has 3 N–H and O–H groups in total. The third kappa shape index (κ3) is 72.3. The smallest absolute Gasteiger partial charge is 0.462 e. The Morgan fingerprint density at radius 2 is 0.520 bits per heavy atom. The van der Waals surface area contributed by atoms with Crippen molar-refractivity contribution in [1.82, 2.24) is 0 Å². The molecule has 0 rings (SSSR count). The van der Waals surface area contributed by atoms with Crippen LogP contribution in [0.5, 0.6) is 0 Å². The highest BCUT2D eigenvalue weighted by molar-refractivity contribution is 7.47. The van der Waals surface area contributed by atoms with E-state index < -0.39 is 97.5 Å². The molecule has 100 heavy (non-hydrogen) atoms. The zero-order valence-electron chi connectivity index (χ0n) is 63.1. The molecule has 0 aliphatic rings. The quantitative estimate of drug-likeness (QED) is 0.0128. The summed E-state index contributed by atoms with van der Waals surface area (Å²) < 4.78 is 68.5. The van der Waals surface area contributed by atoms with Gasteiger partial charge >= 0.3 is 39.5 Å². The summed E-state index contributed by atoms with van der Waals surface area (Å²) in [5.74, 6) is -2.23. The highest BCUT2D eigenvalue weighted by atomic mass is 31.2. The Hall–Kier alpha value is -4.02. The molecule has 17 nitrogen and oxygen atoms in total. The van der Waals surface area contributed by atoms with Crippen LogP contribution in [0.2, 0.25) is 0 Å². The van der Waals surface area contributed by atoms with Crippen LogP contribution < -0.4 is 0 Å². The fourth-order valence-electron chi connectivity index (χ4n) is 10.5. The number of aliphatic hydroxyl groups excluding tert-OH is 1. The Bertz CT molecular complexity index is 2270. The van der Waals surface area contributed by atoms with Gasteiger partial charge in [-0.3, -0.25) is 37.3 Å². The summed E-state index contributed by atoms with van der Waals surface area (Å²) in [6.07, 6.45) is 76.6. The topological polar surface area (TPSA) is 237 Å². The number of esters is 4. The number of rotatable bonds is 74. The van der Waals surface area contributed by atoms with Crippen molar-refractivity contribution in [2.24, 2.45) is 0 Å². The molecule has 2 unspecified atom stereocenters. The van der Waals surface area contributed by atoms with Gasteiger partial charge in [0.2, 0.25) is 0 Å².